The highest BCUT2D eigenvalue weighted by Gasteiger charge is 2.01. The summed E-state index contributed by atoms with van der Waals surface area (Å²) >= 11 is 2.11. The molecule has 0 fully saturated rings. The first-order chi connectivity index (χ1) is 6.81. The Kier molecular flexibility index (Phi) is 4.64. The molecule has 1 aromatic rings. The van der Waals surface area contributed by atoms with E-state index in [-0.39, 0.29) is 0 Å². The second-order valence-corrected chi connectivity index (χ2v) is 4.01. The van der Waals surface area contributed by atoms with Gasteiger partial charge in [-0.1, -0.05) is 5.92 Å². The van der Waals surface area contributed by atoms with Gasteiger partial charge in [-0.3, -0.25) is 0 Å². The van der Waals surface area contributed by atoms with E-state index in [4.69, 9.17) is 10.00 Å². The van der Waals surface area contributed by atoms with Crippen LogP contribution in [0.5, 0.6) is 5.75 Å². The molecule has 0 aliphatic rings. The summed E-state index contributed by atoms with van der Waals surface area (Å²) in [5.41, 5.74) is 1.38. The van der Waals surface area contributed by atoms with Crippen molar-refractivity contribution in [3.63, 3.8) is 0 Å². The van der Waals surface area contributed by atoms with Gasteiger partial charge in [-0.15, -0.1) is 0 Å². The van der Waals surface area contributed by atoms with Gasteiger partial charge in [0.05, 0.1) is 12.7 Å². The van der Waals surface area contributed by atoms with Crippen molar-refractivity contribution in [3.8, 4) is 23.0 Å². The third kappa shape index (κ3) is 2.83. The number of nitriles is 1. The molecule has 0 bridgehead atoms. The van der Waals surface area contributed by atoms with Gasteiger partial charge < -0.3 is 4.74 Å². The Balaban J connectivity index is 3.09. The first-order valence-corrected chi connectivity index (χ1v) is 7.04. The minimum absolute atomic E-state index is 0.528. The van der Waals surface area contributed by atoms with Crippen LogP contribution in [0.15, 0.2) is 18.2 Å². The Hall–Kier alpha value is -0.850. The van der Waals surface area contributed by atoms with E-state index in [1.54, 1.807) is 25.3 Å². The molecule has 2 nitrogen and oxygen atoms in total. The van der Waals surface area contributed by atoms with Crippen molar-refractivity contribution in [3.05, 3.63) is 29.3 Å². The smallest absolute Gasteiger partial charge is 0.137 e. The Morgan fingerprint density at radius 2 is 2.29 bits per heavy atom. The maximum atomic E-state index is 8.75. The average molecular weight is 315 g/mol. The summed E-state index contributed by atoms with van der Waals surface area (Å²) in [6, 6.07) is 7.33. The highest BCUT2D eigenvalue weighted by atomic mass is 127. The standard InChI is InChI=1S/C10H6INOS/c1-13-10-6-8(4-5-14-11)2-3-9(10)7-12/h2-3,6H,1H3. The van der Waals surface area contributed by atoms with Gasteiger partial charge in [0.25, 0.3) is 0 Å². The van der Waals surface area contributed by atoms with Crippen molar-refractivity contribution >= 4 is 30.1 Å². The Labute approximate surface area is 99.2 Å². The predicted octanol–water partition coefficient (Wildman–Crippen LogP) is 2.96. The van der Waals surface area contributed by atoms with Gasteiger partial charge in [0.2, 0.25) is 0 Å². The summed E-state index contributed by atoms with van der Waals surface area (Å²) in [5.74, 6) is 3.50. The number of halogens is 1. The third-order valence-electron chi connectivity index (χ3n) is 1.56. The van der Waals surface area contributed by atoms with E-state index >= 15 is 0 Å². The van der Waals surface area contributed by atoms with Crippen LogP contribution < -0.4 is 4.74 Å². The van der Waals surface area contributed by atoms with Crippen LogP contribution in [-0.2, 0) is 0 Å². The Morgan fingerprint density at radius 3 is 2.86 bits per heavy atom. The molecule has 1 aromatic carbocycles. The molecule has 0 aliphatic carbocycles. The van der Waals surface area contributed by atoms with E-state index in [2.05, 4.69) is 32.4 Å². The molecule has 0 N–H and O–H groups in total. The highest BCUT2D eigenvalue weighted by Crippen LogP contribution is 2.19. The van der Waals surface area contributed by atoms with Crippen LogP contribution in [0, 0.1) is 22.5 Å². The fourth-order valence-electron chi connectivity index (χ4n) is 0.940. The van der Waals surface area contributed by atoms with Crippen LogP contribution in [0.1, 0.15) is 11.1 Å². The molecular formula is C10H6INOS. The largest absolute Gasteiger partial charge is 0.495 e. The summed E-state index contributed by atoms with van der Waals surface area (Å²) in [4.78, 5) is 0. The van der Waals surface area contributed by atoms with Crippen LogP contribution in [0.25, 0.3) is 0 Å². The van der Waals surface area contributed by atoms with E-state index in [0.717, 1.165) is 5.56 Å². The zero-order chi connectivity index (χ0) is 10.4. The van der Waals surface area contributed by atoms with Gasteiger partial charge in [0.15, 0.2) is 0 Å². The lowest BCUT2D eigenvalue weighted by atomic mass is 10.1. The second-order valence-electron chi connectivity index (χ2n) is 2.33. The Bertz CT molecular complexity index is 428. The molecule has 0 spiro atoms. The van der Waals surface area contributed by atoms with E-state index in [1.165, 1.54) is 8.93 Å². The molecular weight excluding hydrogens is 309 g/mol. The second kappa shape index (κ2) is 5.79. The molecule has 0 saturated heterocycles. The van der Waals surface area contributed by atoms with Crippen molar-refractivity contribution < 1.29 is 4.74 Å². The summed E-state index contributed by atoms with van der Waals surface area (Å²) in [6.45, 7) is 0. The fourth-order valence-corrected chi connectivity index (χ4v) is 1.43. The van der Waals surface area contributed by atoms with Gasteiger partial charge in [-0.2, -0.15) is 5.26 Å². The molecule has 1 rings (SSSR count). The fraction of sp³-hybridized carbons (Fsp3) is 0.100. The number of ether oxygens (including phenoxy) is 1. The summed E-state index contributed by atoms with van der Waals surface area (Å²) in [7, 11) is 2.97. The molecule has 0 atom stereocenters. The minimum atomic E-state index is 0.528. The van der Waals surface area contributed by atoms with Crippen LogP contribution in [0.4, 0.5) is 0 Å². The lowest BCUT2D eigenvalue weighted by Gasteiger charge is -2.01. The van der Waals surface area contributed by atoms with Gasteiger partial charge in [0, 0.05) is 26.8 Å². The van der Waals surface area contributed by atoms with Crippen molar-refractivity contribution in [2.75, 3.05) is 7.11 Å². The number of nitrogens with zero attached hydrogens (tertiary/aromatic N) is 1. The SMILES string of the molecule is COc1cc(C#CSI)ccc1C#N. The zero-order valence-electron chi connectivity index (χ0n) is 7.37. The third-order valence-corrected chi connectivity index (χ3v) is 2.40. The van der Waals surface area contributed by atoms with Crippen molar-refractivity contribution in [1.29, 1.82) is 5.26 Å². The highest BCUT2D eigenvalue weighted by molar-refractivity contribution is 14.2. The van der Waals surface area contributed by atoms with Crippen LogP contribution in [-0.4, -0.2) is 7.11 Å². The van der Waals surface area contributed by atoms with Crippen LogP contribution >= 0.6 is 30.1 Å². The molecule has 4 heteroatoms. The number of rotatable bonds is 1. The first kappa shape index (κ1) is 11.2. The summed E-state index contributed by atoms with van der Waals surface area (Å²) in [6.07, 6.45) is 0. The molecule has 0 amide bonds. The number of methoxy groups -OCH3 is 1. The molecule has 0 aromatic heterocycles. The summed E-state index contributed by atoms with van der Waals surface area (Å²) in [5, 5.41) is 11.6. The monoisotopic (exact) mass is 315 g/mol. The van der Waals surface area contributed by atoms with Gasteiger partial charge in [-0.25, -0.2) is 0 Å². The predicted molar refractivity (Wildman–Crippen MR) is 66.2 cm³/mol. The summed E-state index contributed by atoms with van der Waals surface area (Å²) < 4.78 is 5.06. The van der Waals surface area contributed by atoms with Gasteiger partial charge in [0.1, 0.15) is 11.8 Å². The van der Waals surface area contributed by atoms with Gasteiger partial charge in [-0.05, 0) is 32.4 Å². The molecule has 0 aliphatic heterocycles. The van der Waals surface area contributed by atoms with Crippen molar-refractivity contribution in [2.45, 2.75) is 0 Å². The first-order valence-electron chi connectivity index (χ1n) is 3.68. The molecule has 0 unspecified atom stereocenters. The van der Waals surface area contributed by atoms with Gasteiger partial charge >= 0.3 is 0 Å². The zero-order valence-corrected chi connectivity index (χ0v) is 10.3. The van der Waals surface area contributed by atoms with E-state index < -0.39 is 0 Å². The molecule has 0 saturated carbocycles. The van der Waals surface area contributed by atoms with Crippen molar-refractivity contribution in [1.82, 2.24) is 0 Å². The number of hydrogen-bond acceptors (Lipinski definition) is 3. The van der Waals surface area contributed by atoms with Crippen molar-refractivity contribution in [2.24, 2.45) is 0 Å². The maximum Gasteiger partial charge on any atom is 0.137 e. The van der Waals surface area contributed by atoms with Crippen LogP contribution in [0.3, 0.4) is 0 Å². The lowest BCUT2D eigenvalue weighted by Crippen LogP contribution is -1.88. The molecule has 0 heterocycles. The molecule has 70 valence electrons. The minimum Gasteiger partial charge on any atom is -0.495 e. The molecule has 0 radical (unpaired) electrons. The van der Waals surface area contributed by atoms with E-state index in [0.29, 0.717) is 11.3 Å². The quantitative estimate of drug-likeness (QED) is 0.590. The average Bonchev–Trinajstić information content (AvgIpc) is 2.25. The van der Waals surface area contributed by atoms with Crippen LogP contribution in [0.2, 0.25) is 0 Å². The maximum absolute atomic E-state index is 8.75. The molecule has 14 heavy (non-hydrogen) atoms. The van der Waals surface area contributed by atoms with E-state index in [9.17, 15) is 0 Å². The normalized spacial score (nSPS) is 8.36. The topological polar surface area (TPSA) is 33.0 Å². The number of benzene rings is 1. The number of hydrogen-bond donors (Lipinski definition) is 0. The lowest BCUT2D eigenvalue weighted by molar-refractivity contribution is 0.413. The Morgan fingerprint density at radius 1 is 1.50 bits per heavy atom. The van der Waals surface area contributed by atoms with E-state index in [1.807, 2.05) is 6.07 Å².